The summed E-state index contributed by atoms with van der Waals surface area (Å²) in [5, 5.41) is 20.9. The number of halogens is 3. The quantitative estimate of drug-likeness (QED) is 0.243. The molecule has 13 heteroatoms. The highest BCUT2D eigenvalue weighted by molar-refractivity contribution is 5.79. The first kappa shape index (κ1) is 36.1. The first-order valence-electron chi connectivity index (χ1n) is 15.2. The maximum atomic E-state index is 13.7. The fourth-order valence-corrected chi connectivity index (χ4v) is 6.05. The van der Waals surface area contributed by atoms with Gasteiger partial charge in [-0.1, -0.05) is 69.3 Å². The number of hydrogen-bond donors (Lipinski definition) is 3. The number of ether oxygens (including phenoxy) is 3. The molecule has 1 amide bonds. The van der Waals surface area contributed by atoms with Crippen molar-refractivity contribution in [2.45, 2.75) is 51.4 Å². The third-order valence-electron chi connectivity index (χ3n) is 8.11. The molecule has 1 saturated heterocycles. The molecule has 3 aromatic rings. The standard InChI is InChI=1S/C33H38N2O6.C2HF3O2/c1-33(2,3)17-26(21-8-6-5-7-9-21)34-29(36)19-35-18-25(23-12-15-27-28(16-23)41-20-40-27)30(32(37)38)31(35)22-10-13-24(39-4)14-11-22;3-2(4,5)1(6)7/h5-16,25-26,30-31H,17-20H2,1-4H3,(H,34,36)(H,37,38);(H,6,7)/t25-,26?,30-,31+;/m1./s1. The molecule has 1 fully saturated rings. The summed E-state index contributed by atoms with van der Waals surface area (Å²) < 4.78 is 48.1. The molecule has 1 unspecified atom stereocenters. The van der Waals surface area contributed by atoms with Crippen LogP contribution in [0.25, 0.3) is 0 Å². The number of methoxy groups -OCH3 is 1. The highest BCUT2D eigenvalue weighted by Crippen LogP contribution is 2.47. The van der Waals surface area contributed by atoms with E-state index >= 15 is 0 Å². The smallest absolute Gasteiger partial charge is 0.490 e. The number of hydrogen-bond acceptors (Lipinski definition) is 7. The summed E-state index contributed by atoms with van der Waals surface area (Å²) >= 11 is 0. The van der Waals surface area contributed by atoms with E-state index in [0.717, 1.165) is 23.1 Å². The van der Waals surface area contributed by atoms with E-state index in [4.69, 9.17) is 24.1 Å². The average Bonchev–Trinajstić information content (AvgIpc) is 3.65. The van der Waals surface area contributed by atoms with E-state index in [0.29, 0.717) is 23.8 Å². The van der Waals surface area contributed by atoms with E-state index in [1.165, 1.54) is 0 Å². The Bertz CT molecular complexity index is 1580. The molecular formula is C35H39F3N2O8. The average molecular weight is 673 g/mol. The van der Waals surface area contributed by atoms with Crippen molar-refractivity contribution in [3.05, 3.63) is 89.5 Å². The third kappa shape index (κ3) is 9.18. The molecule has 258 valence electrons. The zero-order chi connectivity index (χ0) is 35.2. The molecule has 2 aliphatic heterocycles. The molecule has 0 bridgehead atoms. The number of carboxylic acids is 2. The van der Waals surface area contributed by atoms with Crippen LogP contribution in [0.1, 0.15) is 61.9 Å². The SMILES string of the molecule is COc1ccc([C@H]2[C@H](C(=O)O)[C@@H](c3ccc4c(c3)OCO4)CN2CC(=O)NC(CC(C)(C)C)c2ccccc2)cc1.O=C(O)C(F)(F)F. The summed E-state index contributed by atoms with van der Waals surface area (Å²) in [6.07, 6.45) is -4.32. The van der Waals surface area contributed by atoms with Crippen molar-refractivity contribution >= 4 is 17.8 Å². The molecule has 4 atom stereocenters. The number of amides is 1. The van der Waals surface area contributed by atoms with Crippen LogP contribution in [0.3, 0.4) is 0 Å². The van der Waals surface area contributed by atoms with Crippen molar-refractivity contribution in [1.82, 2.24) is 10.2 Å². The van der Waals surface area contributed by atoms with Crippen LogP contribution in [0.5, 0.6) is 17.2 Å². The van der Waals surface area contributed by atoms with Crippen molar-refractivity contribution in [1.29, 1.82) is 0 Å². The largest absolute Gasteiger partial charge is 0.497 e. The summed E-state index contributed by atoms with van der Waals surface area (Å²) in [5.41, 5.74) is 2.71. The minimum atomic E-state index is -5.08. The molecule has 0 aromatic heterocycles. The highest BCUT2D eigenvalue weighted by Gasteiger charge is 2.48. The molecule has 2 heterocycles. The maximum absolute atomic E-state index is 13.7. The maximum Gasteiger partial charge on any atom is 0.490 e. The van der Waals surface area contributed by atoms with E-state index in [9.17, 15) is 27.9 Å². The number of carbonyl (C=O) groups excluding carboxylic acids is 1. The molecule has 0 aliphatic carbocycles. The van der Waals surface area contributed by atoms with E-state index in [1.54, 1.807) is 7.11 Å². The van der Waals surface area contributed by atoms with Gasteiger partial charge in [0.05, 0.1) is 25.6 Å². The summed E-state index contributed by atoms with van der Waals surface area (Å²) in [7, 11) is 1.59. The van der Waals surface area contributed by atoms with Gasteiger partial charge in [-0.05, 0) is 52.8 Å². The van der Waals surface area contributed by atoms with Crippen molar-refractivity contribution < 1.29 is 52.0 Å². The van der Waals surface area contributed by atoms with Crippen molar-refractivity contribution in [3.63, 3.8) is 0 Å². The number of aliphatic carboxylic acids is 2. The lowest BCUT2D eigenvalue weighted by atomic mass is 9.82. The minimum absolute atomic E-state index is 0.00802. The molecule has 3 N–H and O–H groups in total. The molecular weight excluding hydrogens is 633 g/mol. The first-order chi connectivity index (χ1) is 22.6. The van der Waals surface area contributed by atoms with Gasteiger partial charge in [0.15, 0.2) is 11.5 Å². The summed E-state index contributed by atoms with van der Waals surface area (Å²) in [6, 6.07) is 22.3. The predicted molar refractivity (Wildman–Crippen MR) is 169 cm³/mol. The Labute approximate surface area is 276 Å². The van der Waals surface area contributed by atoms with Gasteiger partial charge in [0.1, 0.15) is 5.75 Å². The van der Waals surface area contributed by atoms with Crippen LogP contribution in [0.2, 0.25) is 0 Å². The van der Waals surface area contributed by atoms with Gasteiger partial charge in [0.2, 0.25) is 12.7 Å². The van der Waals surface area contributed by atoms with Crippen molar-refractivity contribution in [2.24, 2.45) is 11.3 Å². The molecule has 10 nitrogen and oxygen atoms in total. The number of fused-ring (bicyclic) bond motifs is 1. The zero-order valence-electron chi connectivity index (χ0n) is 27.0. The fraction of sp³-hybridized carbons (Fsp3) is 0.400. The van der Waals surface area contributed by atoms with E-state index in [-0.39, 0.29) is 36.6 Å². The van der Waals surface area contributed by atoms with Crippen LogP contribution in [0, 0.1) is 11.3 Å². The lowest BCUT2D eigenvalue weighted by molar-refractivity contribution is -0.192. The number of likely N-dealkylation sites (tertiary alicyclic amines) is 1. The van der Waals surface area contributed by atoms with Gasteiger partial charge >= 0.3 is 18.1 Å². The van der Waals surface area contributed by atoms with Gasteiger partial charge in [-0.2, -0.15) is 13.2 Å². The lowest BCUT2D eigenvalue weighted by Crippen LogP contribution is -2.40. The summed E-state index contributed by atoms with van der Waals surface area (Å²) in [6.45, 7) is 7.07. The van der Waals surface area contributed by atoms with Crippen LogP contribution in [0.15, 0.2) is 72.8 Å². The Kier molecular flexibility index (Phi) is 11.2. The normalized spacial score (nSPS) is 19.5. The monoisotopic (exact) mass is 672 g/mol. The zero-order valence-corrected chi connectivity index (χ0v) is 27.0. The Balaban J connectivity index is 0.000000671. The Morgan fingerprint density at radius 3 is 2.10 bits per heavy atom. The Morgan fingerprint density at radius 1 is 0.938 bits per heavy atom. The number of carboxylic acid groups (broad SMARTS) is 2. The van der Waals surface area contributed by atoms with Crippen LogP contribution < -0.4 is 19.5 Å². The summed E-state index contributed by atoms with van der Waals surface area (Å²) in [4.78, 5) is 37.4. The van der Waals surface area contributed by atoms with Crippen LogP contribution >= 0.6 is 0 Å². The van der Waals surface area contributed by atoms with Gasteiger partial charge in [-0.25, -0.2) is 4.79 Å². The molecule has 3 aromatic carbocycles. The number of benzene rings is 3. The third-order valence-corrected chi connectivity index (χ3v) is 8.11. The number of carbonyl (C=O) groups is 3. The van der Waals surface area contributed by atoms with Gasteiger partial charge in [0, 0.05) is 18.5 Å². The Hall–Kier alpha value is -4.78. The van der Waals surface area contributed by atoms with Gasteiger partial charge in [0.25, 0.3) is 0 Å². The van der Waals surface area contributed by atoms with Gasteiger partial charge < -0.3 is 29.7 Å². The lowest BCUT2D eigenvalue weighted by Gasteiger charge is -2.30. The van der Waals surface area contributed by atoms with Crippen molar-refractivity contribution in [3.8, 4) is 17.2 Å². The predicted octanol–water partition coefficient (Wildman–Crippen LogP) is 6.19. The molecule has 48 heavy (non-hydrogen) atoms. The van der Waals surface area contributed by atoms with Crippen LogP contribution in [-0.2, 0) is 14.4 Å². The number of alkyl halides is 3. The van der Waals surface area contributed by atoms with E-state index in [1.807, 2.05) is 77.7 Å². The van der Waals surface area contributed by atoms with Gasteiger partial charge in [-0.3, -0.25) is 14.5 Å². The first-order valence-corrected chi connectivity index (χ1v) is 15.2. The molecule has 2 aliphatic rings. The second kappa shape index (κ2) is 15.0. The number of nitrogens with one attached hydrogen (secondary N) is 1. The van der Waals surface area contributed by atoms with Crippen LogP contribution in [-0.4, -0.2) is 66.1 Å². The number of rotatable bonds is 9. The molecule has 5 rings (SSSR count). The number of nitrogens with zero attached hydrogens (tertiary/aromatic N) is 1. The highest BCUT2D eigenvalue weighted by atomic mass is 19.4. The fourth-order valence-electron chi connectivity index (χ4n) is 6.05. The van der Waals surface area contributed by atoms with Crippen molar-refractivity contribution in [2.75, 3.05) is 27.0 Å². The minimum Gasteiger partial charge on any atom is -0.497 e. The van der Waals surface area contributed by atoms with E-state index < -0.39 is 30.1 Å². The Morgan fingerprint density at radius 2 is 1.54 bits per heavy atom. The van der Waals surface area contributed by atoms with E-state index in [2.05, 4.69) is 26.1 Å². The topological polar surface area (TPSA) is 135 Å². The van der Waals surface area contributed by atoms with Gasteiger partial charge in [-0.15, -0.1) is 0 Å². The second-order valence-electron chi connectivity index (χ2n) is 12.8. The molecule has 0 spiro atoms. The second-order valence-corrected chi connectivity index (χ2v) is 12.8. The van der Waals surface area contributed by atoms with Crippen LogP contribution in [0.4, 0.5) is 13.2 Å². The summed E-state index contributed by atoms with van der Waals surface area (Å²) in [5.74, 6) is -3.01. The molecule has 0 radical (unpaired) electrons. The molecule has 0 saturated carbocycles.